The second-order valence-corrected chi connectivity index (χ2v) is 7.04. The zero-order valence-corrected chi connectivity index (χ0v) is 17.3. The van der Waals surface area contributed by atoms with Crippen LogP contribution in [-0.2, 0) is 24.2 Å². The second-order valence-electron chi connectivity index (χ2n) is 7.04. The second kappa shape index (κ2) is 9.15. The highest BCUT2D eigenvalue weighted by molar-refractivity contribution is 5.95. The van der Waals surface area contributed by atoms with Crippen LogP contribution in [0.2, 0.25) is 0 Å². The number of aryl methyl sites for hydroxylation is 2. The molecule has 10 heteroatoms. The monoisotopic (exact) mass is 444 g/mol. The molecule has 1 amide bonds. The van der Waals surface area contributed by atoms with E-state index in [-0.39, 0.29) is 36.3 Å². The number of benzene rings is 2. The number of nitrogens with one attached hydrogen (secondary N) is 2. The van der Waals surface area contributed by atoms with Gasteiger partial charge in [0.25, 0.3) is 11.5 Å². The Morgan fingerprint density at radius 1 is 1.19 bits per heavy atom. The number of nitrogens with zero attached hydrogens (tertiary/aromatic N) is 1. The fourth-order valence-corrected chi connectivity index (χ4v) is 3.68. The molecule has 0 atom stereocenters. The quantitative estimate of drug-likeness (QED) is 0.472. The Morgan fingerprint density at radius 3 is 2.74 bits per heavy atom. The normalized spacial score (nSPS) is 13.6. The number of nitrogens with two attached hydrogens (primary N) is 1. The van der Waals surface area contributed by atoms with Crippen molar-refractivity contribution >= 4 is 40.9 Å². The standard InChI is InChI=1S/C12H10N2O3.C9H10N2O2.ClH/c15-11-9-7-3-1-2-6(7)4-5-8(9)13-10(14-11)12(16)17;10-4-6-1-2-8-7(3-6)11-9(12)5-13-8;/h4-5H,1-3H2,(H,16,17)(H,13,14,15);1-3H,4-5,10H2,(H,11,12);1H. The van der Waals surface area contributed by atoms with Crippen molar-refractivity contribution in [1.29, 1.82) is 0 Å². The lowest BCUT2D eigenvalue weighted by atomic mass is 10.1. The van der Waals surface area contributed by atoms with E-state index in [1.165, 1.54) is 5.56 Å². The molecule has 0 fully saturated rings. The first-order valence-corrected chi connectivity index (χ1v) is 9.50. The summed E-state index contributed by atoms with van der Waals surface area (Å²) in [5.41, 5.74) is 9.45. The van der Waals surface area contributed by atoms with Gasteiger partial charge < -0.3 is 25.9 Å². The molecule has 0 saturated heterocycles. The molecule has 1 aliphatic heterocycles. The highest BCUT2D eigenvalue weighted by Crippen LogP contribution is 2.28. The number of fused-ring (bicyclic) bond motifs is 4. The molecule has 2 aromatic carbocycles. The minimum Gasteiger partial charge on any atom is -0.482 e. The van der Waals surface area contributed by atoms with Crippen molar-refractivity contribution in [2.75, 3.05) is 11.9 Å². The highest BCUT2D eigenvalue weighted by atomic mass is 35.5. The van der Waals surface area contributed by atoms with Crippen molar-refractivity contribution in [1.82, 2.24) is 9.97 Å². The summed E-state index contributed by atoms with van der Waals surface area (Å²) in [4.78, 5) is 39.9. The van der Waals surface area contributed by atoms with E-state index >= 15 is 0 Å². The van der Waals surface area contributed by atoms with Crippen molar-refractivity contribution in [3.8, 4) is 5.75 Å². The number of aromatic amines is 1. The number of hydrogen-bond acceptors (Lipinski definition) is 6. The van der Waals surface area contributed by atoms with E-state index < -0.39 is 5.97 Å². The lowest BCUT2D eigenvalue weighted by Gasteiger charge is -2.18. The number of carbonyl (C=O) groups is 2. The Labute approximate surface area is 183 Å². The number of carbonyl (C=O) groups excluding carboxylic acids is 1. The molecular formula is C21H21ClN4O5. The first-order valence-electron chi connectivity index (χ1n) is 9.50. The number of anilines is 1. The minimum atomic E-state index is -1.22. The Balaban J connectivity index is 0.000000176. The van der Waals surface area contributed by atoms with Crippen LogP contribution in [0.15, 0.2) is 35.1 Å². The van der Waals surface area contributed by atoms with E-state index in [9.17, 15) is 14.4 Å². The van der Waals surface area contributed by atoms with Crippen LogP contribution in [0.1, 0.15) is 33.7 Å². The smallest absolute Gasteiger partial charge is 0.372 e. The summed E-state index contributed by atoms with van der Waals surface area (Å²) in [6.07, 6.45) is 2.88. The Hall–Kier alpha value is -3.43. The van der Waals surface area contributed by atoms with E-state index in [2.05, 4.69) is 15.3 Å². The van der Waals surface area contributed by atoms with Gasteiger partial charge in [0.1, 0.15) is 5.75 Å². The molecule has 5 N–H and O–H groups in total. The average Bonchev–Trinajstić information content (AvgIpc) is 3.22. The Morgan fingerprint density at radius 2 is 2.00 bits per heavy atom. The molecule has 1 aliphatic carbocycles. The summed E-state index contributed by atoms with van der Waals surface area (Å²) in [6.45, 7) is 0.554. The first-order chi connectivity index (χ1) is 14.5. The van der Waals surface area contributed by atoms with Crippen LogP contribution < -0.4 is 21.3 Å². The number of aromatic carboxylic acids is 1. The largest absolute Gasteiger partial charge is 0.482 e. The first kappa shape index (κ1) is 22.3. The highest BCUT2D eigenvalue weighted by Gasteiger charge is 2.18. The number of aromatic nitrogens is 2. The SMILES string of the molecule is Cl.NCc1ccc2c(c1)NC(=O)CO2.O=C(O)c1nc2ccc3c(c2c(=O)[nH]1)CCC3. The number of carboxylic acids is 1. The molecule has 1 aromatic heterocycles. The molecule has 0 saturated carbocycles. The summed E-state index contributed by atoms with van der Waals surface area (Å²) in [5.74, 6) is -0.941. The van der Waals surface area contributed by atoms with Crippen molar-refractivity contribution in [3.63, 3.8) is 0 Å². The molecule has 31 heavy (non-hydrogen) atoms. The minimum absolute atomic E-state index is 0. The van der Waals surface area contributed by atoms with Gasteiger partial charge in [-0.3, -0.25) is 9.59 Å². The number of halogens is 1. The van der Waals surface area contributed by atoms with E-state index in [0.29, 0.717) is 28.9 Å². The predicted octanol–water partition coefficient (Wildman–Crippen LogP) is 2.01. The number of rotatable bonds is 2. The van der Waals surface area contributed by atoms with Crippen LogP contribution in [-0.4, -0.2) is 33.6 Å². The van der Waals surface area contributed by atoms with E-state index in [0.717, 1.165) is 30.4 Å². The van der Waals surface area contributed by atoms with Crippen LogP contribution in [0.4, 0.5) is 5.69 Å². The van der Waals surface area contributed by atoms with Crippen LogP contribution in [0.25, 0.3) is 10.9 Å². The molecule has 0 radical (unpaired) electrons. The van der Waals surface area contributed by atoms with Crippen LogP contribution >= 0.6 is 12.4 Å². The van der Waals surface area contributed by atoms with Gasteiger partial charge in [-0.2, -0.15) is 0 Å². The van der Waals surface area contributed by atoms with Gasteiger partial charge in [-0.1, -0.05) is 12.1 Å². The third-order valence-electron chi connectivity index (χ3n) is 5.07. The maximum Gasteiger partial charge on any atom is 0.372 e. The van der Waals surface area contributed by atoms with Crippen molar-refractivity contribution in [2.45, 2.75) is 25.8 Å². The number of ether oxygens (including phenoxy) is 1. The lowest BCUT2D eigenvalue weighted by molar-refractivity contribution is -0.118. The predicted molar refractivity (Wildman–Crippen MR) is 117 cm³/mol. The van der Waals surface area contributed by atoms with E-state index in [4.69, 9.17) is 15.6 Å². The summed E-state index contributed by atoms with van der Waals surface area (Å²) in [6, 6.07) is 9.18. The van der Waals surface area contributed by atoms with Gasteiger partial charge in [0.2, 0.25) is 5.82 Å². The molecule has 0 unspecified atom stereocenters. The zero-order chi connectivity index (χ0) is 21.3. The van der Waals surface area contributed by atoms with Crippen LogP contribution in [0.5, 0.6) is 5.75 Å². The zero-order valence-electron chi connectivity index (χ0n) is 16.4. The molecule has 0 bridgehead atoms. The molecule has 2 heterocycles. The van der Waals surface area contributed by atoms with Gasteiger partial charge in [0, 0.05) is 6.54 Å². The summed E-state index contributed by atoms with van der Waals surface area (Å²) in [7, 11) is 0. The number of H-pyrrole nitrogens is 1. The third kappa shape index (κ3) is 4.52. The van der Waals surface area contributed by atoms with Crippen molar-refractivity contribution in [3.05, 3.63) is 63.2 Å². The van der Waals surface area contributed by atoms with Crippen LogP contribution in [0.3, 0.4) is 0 Å². The molecule has 9 nitrogen and oxygen atoms in total. The Bertz CT molecular complexity index is 1220. The third-order valence-corrected chi connectivity index (χ3v) is 5.07. The molecule has 2 aliphatic rings. The maximum absolute atomic E-state index is 11.9. The summed E-state index contributed by atoms with van der Waals surface area (Å²) >= 11 is 0. The molecule has 5 rings (SSSR count). The van der Waals surface area contributed by atoms with E-state index in [1.54, 1.807) is 6.07 Å². The van der Waals surface area contributed by atoms with Gasteiger partial charge in [0.15, 0.2) is 6.61 Å². The van der Waals surface area contributed by atoms with Gasteiger partial charge in [-0.05, 0) is 54.2 Å². The Kier molecular flexibility index (Phi) is 6.57. The molecule has 162 valence electrons. The number of amides is 1. The van der Waals surface area contributed by atoms with Crippen LogP contribution in [0, 0.1) is 0 Å². The maximum atomic E-state index is 11.9. The van der Waals surface area contributed by atoms with Gasteiger partial charge >= 0.3 is 5.97 Å². The summed E-state index contributed by atoms with van der Waals surface area (Å²) in [5, 5.41) is 12.1. The average molecular weight is 445 g/mol. The fraction of sp³-hybridized carbons (Fsp3) is 0.238. The molecule has 0 spiro atoms. The van der Waals surface area contributed by atoms with Crippen molar-refractivity contribution in [2.24, 2.45) is 5.73 Å². The van der Waals surface area contributed by atoms with Gasteiger partial charge in [-0.15, -0.1) is 12.4 Å². The fourth-order valence-electron chi connectivity index (χ4n) is 3.68. The van der Waals surface area contributed by atoms with Gasteiger partial charge in [0.05, 0.1) is 16.6 Å². The number of carboxylic acid groups (broad SMARTS) is 1. The molecule has 3 aromatic rings. The lowest BCUT2D eigenvalue weighted by Crippen LogP contribution is -2.25. The van der Waals surface area contributed by atoms with E-state index in [1.807, 2.05) is 24.3 Å². The summed E-state index contributed by atoms with van der Waals surface area (Å²) < 4.78 is 5.18. The number of hydrogen-bond donors (Lipinski definition) is 4. The topological polar surface area (TPSA) is 147 Å². The van der Waals surface area contributed by atoms with Gasteiger partial charge in [-0.25, -0.2) is 9.78 Å². The van der Waals surface area contributed by atoms with Crippen molar-refractivity contribution < 1.29 is 19.4 Å². The molecular weight excluding hydrogens is 424 g/mol.